The second-order valence-electron chi connectivity index (χ2n) is 8.31. The van der Waals surface area contributed by atoms with Gasteiger partial charge in [-0.15, -0.1) is 10.2 Å². The largest absolute Gasteiger partial charge is 0.330 e. The fourth-order valence-electron chi connectivity index (χ4n) is 3.88. The molecule has 8 heteroatoms. The molecule has 2 fully saturated rings. The molecule has 0 bridgehead atoms. The van der Waals surface area contributed by atoms with Crippen molar-refractivity contribution in [2.75, 3.05) is 22.9 Å². The van der Waals surface area contributed by atoms with E-state index in [1.807, 2.05) is 47.0 Å². The summed E-state index contributed by atoms with van der Waals surface area (Å²) in [4.78, 5) is 33.4. The van der Waals surface area contributed by atoms with E-state index in [0.717, 1.165) is 24.1 Å². The number of nitrogens with zero attached hydrogens (tertiary/aromatic N) is 6. The van der Waals surface area contributed by atoms with Crippen LogP contribution in [0.15, 0.2) is 48.8 Å². The first-order valence-electron chi connectivity index (χ1n) is 10.6. The van der Waals surface area contributed by atoms with Crippen LogP contribution in [0.3, 0.4) is 0 Å². The zero-order valence-corrected chi connectivity index (χ0v) is 17.6. The molecule has 31 heavy (non-hydrogen) atoms. The topological polar surface area (TPSA) is 84.2 Å². The monoisotopic (exact) mass is 416 g/mol. The van der Waals surface area contributed by atoms with Crippen LogP contribution in [0.2, 0.25) is 0 Å². The van der Waals surface area contributed by atoms with Crippen LogP contribution in [0.1, 0.15) is 43.1 Å². The first-order valence-corrected chi connectivity index (χ1v) is 10.6. The van der Waals surface area contributed by atoms with Crippen LogP contribution < -0.4 is 9.80 Å². The van der Waals surface area contributed by atoms with E-state index < -0.39 is 0 Å². The van der Waals surface area contributed by atoms with Crippen LogP contribution in [0.5, 0.6) is 0 Å². The second-order valence-corrected chi connectivity index (χ2v) is 8.31. The Hall–Kier alpha value is -3.55. The number of urea groups is 1. The summed E-state index contributed by atoms with van der Waals surface area (Å²) in [6.45, 7) is 5.21. The van der Waals surface area contributed by atoms with E-state index in [0.29, 0.717) is 30.4 Å². The summed E-state index contributed by atoms with van der Waals surface area (Å²) in [6.07, 6.45) is 3.66. The van der Waals surface area contributed by atoms with Gasteiger partial charge in [-0.25, -0.2) is 9.78 Å². The standard InChI is InChI=1S/C23H24N6O2/c1-15(2)29-14-24-26-22(29)19-4-3-5-20(25-19)28-13-12-27(23(28)31)18-10-8-17(9-11-18)21(30)16-6-7-16/h3-5,8-11,14-16H,6-7,12-13H2,1-2H3. The summed E-state index contributed by atoms with van der Waals surface area (Å²) in [5.41, 5.74) is 2.19. The molecule has 1 saturated carbocycles. The van der Waals surface area contributed by atoms with E-state index in [-0.39, 0.29) is 23.8 Å². The number of pyridine rings is 1. The number of hydrogen-bond donors (Lipinski definition) is 0. The lowest BCUT2D eigenvalue weighted by Crippen LogP contribution is -2.32. The number of anilines is 2. The van der Waals surface area contributed by atoms with Crippen molar-refractivity contribution in [1.82, 2.24) is 19.7 Å². The fourth-order valence-corrected chi connectivity index (χ4v) is 3.88. The molecule has 0 unspecified atom stereocenters. The normalized spacial score (nSPS) is 16.4. The molecule has 1 saturated heterocycles. The molecule has 1 aliphatic carbocycles. The van der Waals surface area contributed by atoms with Gasteiger partial charge in [-0.05, 0) is 63.1 Å². The van der Waals surface area contributed by atoms with E-state index in [1.165, 1.54) is 0 Å². The van der Waals surface area contributed by atoms with Crippen molar-refractivity contribution in [3.63, 3.8) is 0 Å². The quantitative estimate of drug-likeness (QED) is 0.568. The van der Waals surface area contributed by atoms with Gasteiger partial charge in [0.25, 0.3) is 0 Å². The van der Waals surface area contributed by atoms with Crippen molar-refractivity contribution < 1.29 is 9.59 Å². The van der Waals surface area contributed by atoms with Gasteiger partial charge in [-0.3, -0.25) is 14.6 Å². The van der Waals surface area contributed by atoms with Crippen molar-refractivity contribution in [1.29, 1.82) is 0 Å². The van der Waals surface area contributed by atoms with Gasteiger partial charge in [0.2, 0.25) is 0 Å². The molecule has 2 aromatic heterocycles. The molecule has 0 radical (unpaired) electrons. The second kappa shape index (κ2) is 7.61. The summed E-state index contributed by atoms with van der Waals surface area (Å²) >= 11 is 0. The van der Waals surface area contributed by atoms with Crippen LogP contribution >= 0.6 is 0 Å². The summed E-state index contributed by atoms with van der Waals surface area (Å²) in [5, 5.41) is 8.21. The van der Waals surface area contributed by atoms with Gasteiger partial charge in [-0.2, -0.15) is 0 Å². The number of ketones is 1. The molecule has 1 aliphatic heterocycles. The summed E-state index contributed by atoms with van der Waals surface area (Å²) < 4.78 is 1.95. The molecule has 3 heterocycles. The molecule has 0 spiro atoms. The highest BCUT2D eigenvalue weighted by Crippen LogP contribution is 2.33. The van der Waals surface area contributed by atoms with Crippen molar-refractivity contribution in [3.8, 4) is 11.5 Å². The Bertz CT molecular complexity index is 1130. The summed E-state index contributed by atoms with van der Waals surface area (Å²) in [7, 11) is 0. The van der Waals surface area contributed by atoms with E-state index in [9.17, 15) is 9.59 Å². The SMILES string of the molecule is CC(C)n1cnnc1-c1cccc(N2CCN(c3ccc(C(=O)C4CC4)cc3)C2=O)n1. The molecular formula is C23H24N6O2. The summed E-state index contributed by atoms with van der Waals surface area (Å²) in [6, 6.07) is 13.0. The Morgan fingerprint density at radius 3 is 2.48 bits per heavy atom. The van der Waals surface area contributed by atoms with Crippen molar-refractivity contribution in [3.05, 3.63) is 54.4 Å². The van der Waals surface area contributed by atoms with Gasteiger partial charge in [0.1, 0.15) is 17.8 Å². The van der Waals surface area contributed by atoms with Gasteiger partial charge in [-0.1, -0.05) is 6.07 Å². The number of rotatable bonds is 6. The van der Waals surface area contributed by atoms with Crippen molar-refractivity contribution in [2.45, 2.75) is 32.7 Å². The van der Waals surface area contributed by atoms with Crippen LogP contribution in [0, 0.1) is 5.92 Å². The molecular weight excluding hydrogens is 392 g/mol. The fraction of sp³-hybridized carbons (Fsp3) is 0.348. The van der Waals surface area contributed by atoms with E-state index in [1.54, 1.807) is 16.1 Å². The Morgan fingerprint density at radius 1 is 1.03 bits per heavy atom. The Morgan fingerprint density at radius 2 is 1.77 bits per heavy atom. The maximum Gasteiger partial charge on any atom is 0.330 e. The predicted molar refractivity (Wildman–Crippen MR) is 117 cm³/mol. The highest BCUT2D eigenvalue weighted by atomic mass is 16.2. The minimum atomic E-state index is -0.128. The minimum Gasteiger partial charge on any atom is -0.310 e. The van der Waals surface area contributed by atoms with Crippen molar-refractivity contribution >= 4 is 23.3 Å². The maximum atomic E-state index is 13.1. The lowest BCUT2D eigenvalue weighted by Gasteiger charge is -2.19. The Labute approximate surface area is 180 Å². The molecule has 0 N–H and O–H groups in total. The third-order valence-corrected chi connectivity index (χ3v) is 5.79. The van der Waals surface area contributed by atoms with E-state index in [2.05, 4.69) is 24.0 Å². The molecule has 1 aromatic carbocycles. The average Bonchev–Trinajstić information content (AvgIpc) is 3.38. The Kier molecular flexibility index (Phi) is 4.77. The minimum absolute atomic E-state index is 0.128. The number of amides is 2. The number of Topliss-reactive ketones (excluding diaryl/α,β-unsaturated/α-hetero) is 1. The van der Waals surface area contributed by atoms with Crippen LogP contribution in [0.25, 0.3) is 11.5 Å². The van der Waals surface area contributed by atoms with Gasteiger partial charge in [0.15, 0.2) is 11.6 Å². The first-order chi connectivity index (χ1) is 15.0. The molecule has 2 amide bonds. The number of aromatic nitrogens is 4. The highest BCUT2D eigenvalue weighted by molar-refractivity contribution is 6.06. The number of benzene rings is 1. The van der Waals surface area contributed by atoms with Gasteiger partial charge < -0.3 is 4.57 Å². The third-order valence-electron chi connectivity index (χ3n) is 5.79. The molecule has 0 atom stereocenters. The summed E-state index contributed by atoms with van der Waals surface area (Å²) in [5.74, 6) is 1.66. The zero-order chi connectivity index (χ0) is 21.5. The third kappa shape index (κ3) is 3.58. The number of carbonyl (C=O) groups is 2. The highest BCUT2D eigenvalue weighted by Gasteiger charge is 2.33. The first kappa shape index (κ1) is 19.4. The number of hydrogen-bond acceptors (Lipinski definition) is 5. The number of carbonyl (C=O) groups excluding carboxylic acids is 2. The lowest BCUT2D eigenvalue weighted by atomic mass is 10.1. The lowest BCUT2D eigenvalue weighted by molar-refractivity contribution is 0.0967. The van der Waals surface area contributed by atoms with Gasteiger partial charge in [0, 0.05) is 36.3 Å². The van der Waals surface area contributed by atoms with Crippen LogP contribution in [-0.4, -0.2) is 44.7 Å². The predicted octanol–water partition coefficient (Wildman–Crippen LogP) is 3.96. The Balaban J connectivity index is 1.36. The smallest absolute Gasteiger partial charge is 0.310 e. The van der Waals surface area contributed by atoms with Gasteiger partial charge >= 0.3 is 6.03 Å². The van der Waals surface area contributed by atoms with Crippen LogP contribution in [-0.2, 0) is 0 Å². The molecule has 158 valence electrons. The molecule has 5 rings (SSSR count). The zero-order valence-electron chi connectivity index (χ0n) is 17.6. The molecule has 3 aromatic rings. The van der Waals surface area contributed by atoms with E-state index >= 15 is 0 Å². The van der Waals surface area contributed by atoms with Gasteiger partial charge in [0.05, 0.1) is 0 Å². The molecule has 2 aliphatic rings. The average molecular weight is 416 g/mol. The maximum absolute atomic E-state index is 13.1. The molecule has 8 nitrogen and oxygen atoms in total. The van der Waals surface area contributed by atoms with Crippen LogP contribution in [0.4, 0.5) is 16.3 Å². The van der Waals surface area contributed by atoms with Crippen molar-refractivity contribution in [2.24, 2.45) is 5.92 Å². The van der Waals surface area contributed by atoms with E-state index in [4.69, 9.17) is 4.98 Å².